The predicted octanol–water partition coefficient (Wildman–Crippen LogP) is -0.920. The average molecular weight is 230 g/mol. The van der Waals surface area contributed by atoms with Crippen LogP contribution in [0.1, 0.15) is 12.8 Å². The number of carboxylic acids is 1. The molecule has 1 saturated heterocycles. The molecule has 92 valence electrons. The lowest BCUT2D eigenvalue weighted by Crippen LogP contribution is -2.40. The lowest BCUT2D eigenvalue weighted by molar-refractivity contribution is -0.142. The maximum absolute atomic E-state index is 11.3. The number of rotatable bonds is 6. The van der Waals surface area contributed by atoms with E-state index in [9.17, 15) is 9.59 Å². The number of carbonyl (C=O) groups excluding carboxylic acids is 1. The third kappa shape index (κ3) is 4.26. The zero-order valence-corrected chi connectivity index (χ0v) is 9.22. The van der Waals surface area contributed by atoms with Crippen LogP contribution in [0.2, 0.25) is 0 Å². The predicted molar refractivity (Wildman–Crippen MR) is 57.1 cm³/mol. The first-order valence-corrected chi connectivity index (χ1v) is 5.42. The number of Topliss-reactive ketones (excluding diaryl/α,β-unsaturated/α-hetero) is 1. The normalized spacial score (nSPS) is 19.3. The van der Waals surface area contributed by atoms with Gasteiger partial charge >= 0.3 is 5.97 Å². The van der Waals surface area contributed by atoms with Crippen molar-refractivity contribution in [1.82, 2.24) is 4.90 Å². The second kappa shape index (κ2) is 6.57. The summed E-state index contributed by atoms with van der Waals surface area (Å²) in [7, 11) is 0. The van der Waals surface area contributed by atoms with Gasteiger partial charge in [0.25, 0.3) is 0 Å². The molecule has 1 aliphatic rings. The van der Waals surface area contributed by atoms with Gasteiger partial charge in [0, 0.05) is 19.5 Å². The molecule has 3 N–H and O–H groups in total. The van der Waals surface area contributed by atoms with Crippen molar-refractivity contribution in [3.05, 3.63) is 0 Å². The summed E-state index contributed by atoms with van der Waals surface area (Å²) in [5.74, 6) is -1.66. The fourth-order valence-electron chi connectivity index (χ4n) is 1.59. The van der Waals surface area contributed by atoms with Crippen molar-refractivity contribution >= 4 is 11.8 Å². The molecule has 1 rings (SSSR count). The number of ether oxygens (including phenoxy) is 1. The Labute approximate surface area is 94.3 Å². The first-order chi connectivity index (χ1) is 7.61. The van der Waals surface area contributed by atoms with E-state index in [1.165, 1.54) is 0 Å². The molecule has 1 aliphatic heterocycles. The first-order valence-electron chi connectivity index (χ1n) is 5.42. The standard InChI is InChI=1S/C10H18N2O4/c11-9(10(14)15)8(13)2-1-3-12-4-6-16-7-5-12/h9H,1-7,11H2,(H,14,15)/t9-/m0/s1. The Hall–Kier alpha value is -0.980. The second-order valence-electron chi connectivity index (χ2n) is 3.84. The van der Waals surface area contributed by atoms with Crippen LogP contribution in [0.15, 0.2) is 0 Å². The van der Waals surface area contributed by atoms with E-state index in [2.05, 4.69) is 4.90 Å². The molecule has 6 nitrogen and oxygen atoms in total. The summed E-state index contributed by atoms with van der Waals surface area (Å²) in [6.45, 7) is 3.99. The average Bonchev–Trinajstić information content (AvgIpc) is 2.29. The van der Waals surface area contributed by atoms with Gasteiger partial charge in [-0.2, -0.15) is 0 Å². The Balaban J connectivity index is 2.14. The van der Waals surface area contributed by atoms with E-state index in [4.69, 9.17) is 15.6 Å². The summed E-state index contributed by atoms with van der Waals surface area (Å²) < 4.78 is 5.19. The number of hydrogen-bond acceptors (Lipinski definition) is 5. The largest absolute Gasteiger partial charge is 0.480 e. The van der Waals surface area contributed by atoms with Gasteiger partial charge in [0.15, 0.2) is 11.8 Å². The van der Waals surface area contributed by atoms with Gasteiger partial charge in [-0.3, -0.25) is 14.5 Å². The highest BCUT2D eigenvalue weighted by atomic mass is 16.5. The fourth-order valence-corrected chi connectivity index (χ4v) is 1.59. The Morgan fingerprint density at radius 3 is 2.56 bits per heavy atom. The van der Waals surface area contributed by atoms with E-state index < -0.39 is 17.8 Å². The molecule has 16 heavy (non-hydrogen) atoms. The number of nitrogens with two attached hydrogens (primary N) is 1. The second-order valence-corrected chi connectivity index (χ2v) is 3.84. The Bertz CT molecular complexity index is 251. The Morgan fingerprint density at radius 2 is 2.00 bits per heavy atom. The number of morpholine rings is 1. The minimum atomic E-state index is -1.37. The van der Waals surface area contributed by atoms with E-state index in [-0.39, 0.29) is 6.42 Å². The molecule has 0 amide bonds. The maximum Gasteiger partial charge on any atom is 0.328 e. The molecular weight excluding hydrogens is 212 g/mol. The SMILES string of the molecule is N[C@H](C(=O)O)C(=O)CCCN1CCOCC1. The van der Waals surface area contributed by atoms with Crippen LogP contribution in [0.3, 0.4) is 0 Å². The molecule has 0 aliphatic carbocycles. The van der Waals surface area contributed by atoms with E-state index in [0.717, 1.165) is 32.8 Å². The molecule has 0 radical (unpaired) electrons. The lowest BCUT2D eigenvalue weighted by Gasteiger charge is -2.26. The van der Waals surface area contributed by atoms with Crippen LogP contribution in [0.5, 0.6) is 0 Å². The Kier molecular flexibility index (Phi) is 5.37. The third-order valence-corrected chi connectivity index (χ3v) is 2.61. The summed E-state index contributed by atoms with van der Waals surface area (Å²) in [4.78, 5) is 23.9. The van der Waals surface area contributed by atoms with Gasteiger partial charge < -0.3 is 15.6 Å². The molecular formula is C10H18N2O4. The summed E-state index contributed by atoms with van der Waals surface area (Å²) in [6.07, 6.45) is 0.880. The van der Waals surface area contributed by atoms with Crippen LogP contribution in [-0.2, 0) is 14.3 Å². The van der Waals surface area contributed by atoms with Crippen molar-refractivity contribution in [3.8, 4) is 0 Å². The van der Waals surface area contributed by atoms with Crippen molar-refractivity contribution in [2.24, 2.45) is 5.73 Å². The van der Waals surface area contributed by atoms with Crippen LogP contribution in [0, 0.1) is 0 Å². The minimum absolute atomic E-state index is 0.227. The van der Waals surface area contributed by atoms with Gasteiger partial charge in [0.1, 0.15) is 0 Å². The molecule has 1 atom stereocenters. The van der Waals surface area contributed by atoms with E-state index in [1.54, 1.807) is 0 Å². The Morgan fingerprint density at radius 1 is 1.38 bits per heavy atom. The number of aliphatic carboxylic acids is 1. The third-order valence-electron chi connectivity index (χ3n) is 2.61. The molecule has 0 aromatic heterocycles. The summed E-state index contributed by atoms with van der Waals surface area (Å²) >= 11 is 0. The molecule has 0 unspecified atom stereocenters. The van der Waals surface area contributed by atoms with Crippen molar-refractivity contribution in [2.75, 3.05) is 32.8 Å². The van der Waals surface area contributed by atoms with Gasteiger partial charge in [-0.25, -0.2) is 0 Å². The van der Waals surface area contributed by atoms with E-state index in [0.29, 0.717) is 6.42 Å². The zero-order valence-electron chi connectivity index (χ0n) is 9.22. The van der Waals surface area contributed by atoms with Crippen molar-refractivity contribution in [2.45, 2.75) is 18.9 Å². The summed E-state index contributed by atoms with van der Waals surface area (Å²) in [6, 6.07) is -1.37. The van der Waals surface area contributed by atoms with Gasteiger partial charge in [-0.1, -0.05) is 0 Å². The summed E-state index contributed by atoms with van der Waals surface area (Å²) in [5.41, 5.74) is 5.20. The molecule has 0 aromatic carbocycles. The van der Waals surface area contributed by atoms with E-state index >= 15 is 0 Å². The molecule has 0 saturated carbocycles. The number of hydrogen-bond donors (Lipinski definition) is 2. The van der Waals surface area contributed by atoms with Gasteiger partial charge in [0.2, 0.25) is 0 Å². The molecule has 1 fully saturated rings. The smallest absolute Gasteiger partial charge is 0.328 e. The molecule has 1 heterocycles. The fraction of sp³-hybridized carbons (Fsp3) is 0.800. The minimum Gasteiger partial charge on any atom is -0.480 e. The van der Waals surface area contributed by atoms with Crippen molar-refractivity contribution in [3.63, 3.8) is 0 Å². The molecule has 0 spiro atoms. The molecule has 6 heteroatoms. The van der Waals surface area contributed by atoms with Gasteiger partial charge in [0.05, 0.1) is 13.2 Å². The van der Waals surface area contributed by atoms with Gasteiger partial charge in [-0.15, -0.1) is 0 Å². The maximum atomic E-state index is 11.3. The van der Waals surface area contributed by atoms with Crippen LogP contribution in [0.4, 0.5) is 0 Å². The number of carboxylic acid groups (broad SMARTS) is 1. The zero-order chi connectivity index (χ0) is 12.0. The quantitative estimate of drug-likeness (QED) is 0.573. The highest BCUT2D eigenvalue weighted by Crippen LogP contribution is 2.01. The van der Waals surface area contributed by atoms with Crippen LogP contribution < -0.4 is 5.73 Å². The van der Waals surface area contributed by atoms with E-state index in [1.807, 2.05) is 0 Å². The highest BCUT2D eigenvalue weighted by molar-refractivity contribution is 6.01. The molecule has 0 aromatic rings. The van der Waals surface area contributed by atoms with Crippen LogP contribution in [0.25, 0.3) is 0 Å². The van der Waals surface area contributed by atoms with Crippen LogP contribution >= 0.6 is 0 Å². The summed E-state index contributed by atoms with van der Waals surface area (Å²) in [5, 5.41) is 8.53. The number of carbonyl (C=O) groups is 2. The highest BCUT2D eigenvalue weighted by Gasteiger charge is 2.20. The lowest BCUT2D eigenvalue weighted by atomic mass is 10.1. The number of ketones is 1. The van der Waals surface area contributed by atoms with Gasteiger partial charge in [-0.05, 0) is 13.0 Å². The topological polar surface area (TPSA) is 92.9 Å². The first kappa shape index (κ1) is 13.1. The van der Waals surface area contributed by atoms with Crippen molar-refractivity contribution < 1.29 is 19.4 Å². The monoisotopic (exact) mass is 230 g/mol. The van der Waals surface area contributed by atoms with Crippen molar-refractivity contribution in [1.29, 1.82) is 0 Å². The number of nitrogens with zero attached hydrogens (tertiary/aromatic N) is 1. The van der Waals surface area contributed by atoms with Crippen LogP contribution in [-0.4, -0.2) is 60.6 Å². The molecule has 0 bridgehead atoms.